The van der Waals surface area contributed by atoms with E-state index in [0.29, 0.717) is 0 Å². The molecule has 0 aliphatic carbocycles. The molecule has 0 saturated heterocycles. The number of nitrogens with zero attached hydrogens (tertiary/aromatic N) is 1. The molecule has 78 valence electrons. The first-order valence-corrected chi connectivity index (χ1v) is 4.99. The van der Waals surface area contributed by atoms with Crippen molar-refractivity contribution in [2.24, 2.45) is 11.5 Å². The van der Waals surface area contributed by atoms with E-state index >= 15 is 0 Å². The van der Waals surface area contributed by atoms with Crippen LogP contribution in [-0.4, -0.2) is 13.6 Å². The van der Waals surface area contributed by atoms with Gasteiger partial charge < -0.3 is 11.5 Å². The summed E-state index contributed by atoms with van der Waals surface area (Å²) in [5.74, 6) is 0. The van der Waals surface area contributed by atoms with Crippen molar-refractivity contribution in [3.05, 3.63) is 30.6 Å². The van der Waals surface area contributed by atoms with Gasteiger partial charge >= 0.3 is 0 Å². The first kappa shape index (κ1) is 16.1. The van der Waals surface area contributed by atoms with Crippen LogP contribution in [0.2, 0.25) is 0 Å². The molecule has 1 rings (SSSR count). The van der Waals surface area contributed by atoms with Crippen LogP contribution in [0, 0.1) is 0 Å². The fourth-order valence-electron chi connectivity index (χ4n) is 0.313. The van der Waals surface area contributed by atoms with E-state index in [1.807, 2.05) is 18.2 Å². The lowest BCUT2D eigenvalue weighted by atomic mass is 10.5. The van der Waals surface area contributed by atoms with Gasteiger partial charge in [0.25, 0.3) is 0 Å². The Hall–Kier alpha value is -0.370. The van der Waals surface area contributed by atoms with Gasteiger partial charge in [-0.2, -0.15) is 0 Å². The van der Waals surface area contributed by atoms with Gasteiger partial charge in [0.05, 0.1) is 0 Å². The van der Waals surface area contributed by atoms with E-state index in [-0.39, 0.29) is 8.64 Å². The number of hydrogen-bond acceptors (Lipinski definition) is 3. The molecule has 0 unspecified atom stereocenters. The first-order chi connectivity index (χ1) is 6.46. The molecule has 0 aliphatic heterocycles. The van der Waals surface area contributed by atoms with E-state index in [0.717, 1.165) is 0 Å². The number of rotatable bonds is 0. The Bertz CT molecular complexity index is 206. The van der Waals surface area contributed by atoms with Crippen LogP contribution in [0.1, 0.15) is 0 Å². The largest absolute Gasteiger partial charge is 0.385 e. The summed E-state index contributed by atoms with van der Waals surface area (Å²) in [5, 5.41) is 0. The molecule has 0 radical (unpaired) electrons. The van der Waals surface area contributed by atoms with Crippen molar-refractivity contribution in [2.75, 3.05) is 0 Å². The minimum Gasteiger partial charge on any atom is -0.385 e. The Morgan fingerprint density at radius 2 is 1.21 bits per heavy atom. The Labute approximate surface area is 105 Å². The smallest absolute Gasteiger partial charge is 0.128 e. The fraction of sp³-hybridized carbons (Fsp3) is 0. The number of nitrogens with two attached hydrogens (primary N) is 2. The third kappa shape index (κ3) is 41.5. The molecule has 0 saturated carbocycles. The number of hydrogen-bond donors (Lipinski definition) is 4. The molecular weight excluding hydrogens is 254 g/mol. The zero-order valence-electron chi connectivity index (χ0n) is 7.20. The van der Waals surface area contributed by atoms with Crippen LogP contribution < -0.4 is 11.5 Å². The van der Waals surface area contributed by atoms with Crippen LogP contribution >= 0.6 is 49.7 Å². The molecule has 7 heteroatoms. The lowest BCUT2D eigenvalue weighted by Crippen LogP contribution is -1.94. The lowest BCUT2D eigenvalue weighted by molar-refractivity contribution is 1.33. The molecule has 1 aromatic rings. The predicted octanol–water partition coefficient (Wildman–Crippen LogP) is 1.40. The SMILES string of the molecule is NC(=S)S.NC(=S)S.c1ccncc1. The van der Waals surface area contributed by atoms with E-state index in [9.17, 15) is 0 Å². The third-order valence-corrected chi connectivity index (χ3v) is 0.566. The molecule has 0 bridgehead atoms. The topological polar surface area (TPSA) is 64.9 Å². The van der Waals surface area contributed by atoms with E-state index in [1.165, 1.54) is 0 Å². The molecule has 0 spiro atoms. The summed E-state index contributed by atoms with van der Waals surface area (Å²) in [5.41, 5.74) is 9.41. The van der Waals surface area contributed by atoms with Gasteiger partial charge in [-0.1, -0.05) is 30.5 Å². The Balaban J connectivity index is 0. The van der Waals surface area contributed by atoms with Crippen LogP contribution in [0.3, 0.4) is 0 Å². The minimum absolute atomic E-state index is 0.194. The van der Waals surface area contributed by atoms with Gasteiger partial charge in [-0.25, -0.2) is 0 Å². The maximum atomic E-state index is 4.71. The molecule has 4 N–H and O–H groups in total. The highest BCUT2D eigenvalue weighted by Crippen LogP contribution is 1.73. The molecule has 0 aromatic carbocycles. The highest BCUT2D eigenvalue weighted by atomic mass is 32.1. The van der Waals surface area contributed by atoms with Gasteiger partial charge in [-0.15, -0.1) is 25.3 Å². The first-order valence-electron chi connectivity index (χ1n) is 3.28. The van der Waals surface area contributed by atoms with Crippen molar-refractivity contribution >= 4 is 58.3 Å². The Morgan fingerprint density at radius 3 is 1.29 bits per heavy atom. The van der Waals surface area contributed by atoms with Gasteiger partial charge in [0.1, 0.15) is 8.64 Å². The van der Waals surface area contributed by atoms with Crippen molar-refractivity contribution < 1.29 is 0 Å². The summed E-state index contributed by atoms with van der Waals surface area (Å²) in [6, 6.07) is 5.72. The van der Waals surface area contributed by atoms with Gasteiger partial charge in [-0.3, -0.25) is 4.98 Å². The standard InChI is InChI=1S/C5H5N.2CH3NS2/c1-2-4-6-5-3-1;2*2-1(3)4/h1-5H;2*(H3,2,3,4). The average molecular weight is 265 g/mol. The fourth-order valence-corrected chi connectivity index (χ4v) is 0.313. The van der Waals surface area contributed by atoms with E-state index in [4.69, 9.17) is 11.5 Å². The van der Waals surface area contributed by atoms with Crippen molar-refractivity contribution in [3.8, 4) is 0 Å². The van der Waals surface area contributed by atoms with Crippen LogP contribution in [0.4, 0.5) is 0 Å². The average Bonchev–Trinajstić information content (AvgIpc) is 2.05. The van der Waals surface area contributed by atoms with E-state index in [1.54, 1.807) is 12.4 Å². The van der Waals surface area contributed by atoms with Crippen LogP contribution in [-0.2, 0) is 0 Å². The zero-order chi connectivity index (χ0) is 11.4. The Kier molecular flexibility index (Phi) is 14.5. The van der Waals surface area contributed by atoms with E-state index < -0.39 is 0 Å². The number of thiol groups is 2. The molecule has 0 fully saturated rings. The van der Waals surface area contributed by atoms with Gasteiger partial charge in [0.15, 0.2) is 0 Å². The second-order valence-electron chi connectivity index (χ2n) is 1.70. The van der Waals surface area contributed by atoms with Crippen LogP contribution in [0.25, 0.3) is 0 Å². The molecule has 1 heterocycles. The van der Waals surface area contributed by atoms with Crippen molar-refractivity contribution in [1.82, 2.24) is 4.98 Å². The minimum atomic E-state index is 0.194. The summed E-state index contributed by atoms with van der Waals surface area (Å²) in [6.07, 6.45) is 3.50. The summed E-state index contributed by atoms with van der Waals surface area (Å²) in [7, 11) is 0. The number of thiocarbonyl (C=S) groups is 2. The molecule has 0 atom stereocenters. The quantitative estimate of drug-likeness (QED) is 0.422. The lowest BCUT2D eigenvalue weighted by Gasteiger charge is -1.70. The maximum Gasteiger partial charge on any atom is 0.128 e. The van der Waals surface area contributed by atoms with Gasteiger partial charge in [0, 0.05) is 12.4 Å². The predicted molar refractivity (Wildman–Crippen MR) is 75.8 cm³/mol. The molecule has 1 aromatic heterocycles. The molecule has 0 aliphatic rings. The summed E-state index contributed by atoms with van der Waals surface area (Å²) in [4.78, 5) is 3.78. The number of pyridine rings is 1. The normalized spacial score (nSPS) is 7.00. The third-order valence-electron chi connectivity index (χ3n) is 0.566. The second kappa shape index (κ2) is 12.6. The van der Waals surface area contributed by atoms with Crippen LogP contribution in [0.15, 0.2) is 30.6 Å². The summed E-state index contributed by atoms with van der Waals surface area (Å²) in [6.45, 7) is 0. The zero-order valence-corrected chi connectivity index (χ0v) is 10.6. The second-order valence-corrected chi connectivity index (χ2v) is 4.15. The molecule has 14 heavy (non-hydrogen) atoms. The van der Waals surface area contributed by atoms with Gasteiger partial charge in [-0.05, 0) is 12.1 Å². The van der Waals surface area contributed by atoms with Crippen LogP contribution in [0.5, 0.6) is 0 Å². The van der Waals surface area contributed by atoms with Crippen molar-refractivity contribution in [1.29, 1.82) is 0 Å². The van der Waals surface area contributed by atoms with Crippen molar-refractivity contribution in [2.45, 2.75) is 0 Å². The Morgan fingerprint density at radius 1 is 0.929 bits per heavy atom. The maximum absolute atomic E-state index is 4.71. The molecule has 3 nitrogen and oxygen atoms in total. The van der Waals surface area contributed by atoms with Gasteiger partial charge in [0.2, 0.25) is 0 Å². The molecular formula is C7H11N3S4. The van der Waals surface area contributed by atoms with Crippen molar-refractivity contribution in [3.63, 3.8) is 0 Å². The number of aromatic nitrogens is 1. The monoisotopic (exact) mass is 265 g/mol. The van der Waals surface area contributed by atoms with E-state index in [2.05, 4.69) is 54.7 Å². The summed E-state index contributed by atoms with van der Waals surface area (Å²) < 4.78 is 0.389. The molecule has 0 amide bonds. The summed E-state index contributed by atoms with van der Waals surface area (Å²) >= 11 is 15.3. The highest BCUT2D eigenvalue weighted by Gasteiger charge is 1.58. The highest BCUT2D eigenvalue weighted by molar-refractivity contribution is 8.11.